The molecule has 2 atom stereocenters. The quantitative estimate of drug-likeness (QED) is 0.643. The number of nitriles is 1. The zero-order valence-electron chi connectivity index (χ0n) is 8.16. The first kappa shape index (κ1) is 14.7. The molecule has 1 rings (SSSR count). The smallest absolute Gasteiger partial charge is 0.475 e. The van der Waals surface area contributed by atoms with E-state index in [-0.39, 0.29) is 12.6 Å². The van der Waals surface area contributed by atoms with Crippen molar-refractivity contribution >= 4 is 5.97 Å². The van der Waals surface area contributed by atoms with Crippen LogP contribution >= 0.6 is 0 Å². The van der Waals surface area contributed by atoms with Gasteiger partial charge in [-0.1, -0.05) is 0 Å². The normalized spacial score (nSPS) is 23.4. The Morgan fingerprint density at radius 1 is 1.50 bits per heavy atom. The van der Waals surface area contributed by atoms with Crippen molar-refractivity contribution in [3.05, 3.63) is 0 Å². The zero-order valence-corrected chi connectivity index (χ0v) is 8.16. The number of carboxylic acid groups (broad SMARTS) is 1. The number of aliphatic hydroxyl groups is 1. The fourth-order valence-corrected chi connectivity index (χ4v) is 1.03. The van der Waals surface area contributed by atoms with E-state index in [9.17, 15) is 13.2 Å². The molecule has 16 heavy (non-hydrogen) atoms. The van der Waals surface area contributed by atoms with Gasteiger partial charge in [0.05, 0.1) is 19.1 Å². The minimum atomic E-state index is -5.08. The molecule has 0 unspecified atom stereocenters. The van der Waals surface area contributed by atoms with E-state index in [0.29, 0.717) is 12.5 Å². The van der Waals surface area contributed by atoms with Gasteiger partial charge in [0.1, 0.15) is 0 Å². The van der Waals surface area contributed by atoms with Gasteiger partial charge < -0.3 is 15.5 Å². The Bertz CT molecular complexity index is 269. The van der Waals surface area contributed by atoms with E-state index in [1.165, 1.54) is 0 Å². The molecule has 0 radical (unpaired) electrons. The maximum absolute atomic E-state index is 10.6. The highest BCUT2D eigenvalue weighted by molar-refractivity contribution is 5.73. The van der Waals surface area contributed by atoms with E-state index in [4.69, 9.17) is 20.3 Å². The number of alkyl halides is 3. The van der Waals surface area contributed by atoms with Crippen LogP contribution in [0.3, 0.4) is 0 Å². The number of aliphatic hydroxyl groups excluding tert-OH is 1. The molecule has 1 aliphatic rings. The summed E-state index contributed by atoms with van der Waals surface area (Å²) in [4.78, 5) is 8.90. The summed E-state index contributed by atoms with van der Waals surface area (Å²) in [5.74, 6) is -2.76. The van der Waals surface area contributed by atoms with Gasteiger partial charge in [0.15, 0.2) is 0 Å². The Kier molecular flexibility index (Phi) is 5.77. The largest absolute Gasteiger partial charge is 0.490 e. The third kappa shape index (κ3) is 5.53. The third-order valence-electron chi connectivity index (χ3n) is 1.84. The third-order valence-corrected chi connectivity index (χ3v) is 1.84. The molecule has 0 saturated carbocycles. The van der Waals surface area contributed by atoms with Crippen LogP contribution < -0.4 is 5.32 Å². The number of aliphatic carboxylic acids is 1. The SMILES string of the molecule is N#CC[C@@H]1C[C@@H](CO)N1.O=C(O)C(F)(F)F. The first-order valence-electron chi connectivity index (χ1n) is 4.35. The standard InChI is InChI=1S/C6H10N2O.C2HF3O2/c7-2-1-5-3-6(4-9)8-5;3-2(4,5)1(6)7/h5-6,8-9H,1,3-4H2;(H,6,7)/t5-,6+;/m1./s1. The van der Waals surface area contributed by atoms with E-state index in [1.54, 1.807) is 0 Å². The second kappa shape index (κ2) is 6.30. The summed E-state index contributed by atoms with van der Waals surface area (Å²) in [5.41, 5.74) is 0. The zero-order chi connectivity index (χ0) is 12.8. The molecule has 8 heteroatoms. The van der Waals surface area contributed by atoms with Gasteiger partial charge in [0, 0.05) is 12.1 Å². The summed E-state index contributed by atoms with van der Waals surface area (Å²) in [6.45, 7) is 0.196. The van der Waals surface area contributed by atoms with Gasteiger partial charge >= 0.3 is 12.1 Å². The van der Waals surface area contributed by atoms with Crippen molar-refractivity contribution in [2.24, 2.45) is 0 Å². The van der Waals surface area contributed by atoms with Crippen LogP contribution in [0.4, 0.5) is 13.2 Å². The van der Waals surface area contributed by atoms with Gasteiger partial charge in [-0.25, -0.2) is 4.79 Å². The first-order chi connectivity index (χ1) is 7.31. The molecule has 0 amide bonds. The van der Waals surface area contributed by atoms with Crippen molar-refractivity contribution < 1.29 is 28.2 Å². The highest BCUT2D eigenvalue weighted by Gasteiger charge is 2.38. The highest BCUT2D eigenvalue weighted by atomic mass is 19.4. The lowest BCUT2D eigenvalue weighted by atomic mass is 9.96. The minimum absolute atomic E-state index is 0.196. The summed E-state index contributed by atoms with van der Waals surface area (Å²) in [6, 6.07) is 2.66. The van der Waals surface area contributed by atoms with Crippen LogP contribution in [0.1, 0.15) is 12.8 Å². The monoisotopic (exact) mass is 240 g/mol. The van der Waals surface area contributed by atoms with Gasteiger partial charge in [0.25, 0.3) is 0 Å². The summed E-state index contributed by atoms with van der Waals surface area (Å²) < 4.78 is 31.7. The van der Waals surface area contributed by atoms with Crippen LogP contribution in [0, 0.1) is 11.3 Å². The topological polar surface area (TPSA) is 93.4 Å². The number of carboxylic acids is 1. The van der Waals surface area contributed by atoms with Crippen molar-refractivity contribution in [2.45, 2.75) is 31.1 Å². The molecule has 0 bridgehead atoms. The number of halogens is 3. The summed E-state index contributed by atoms with van der Waals surface area (Å²) in [5, 5.41) is 26.9. The van der Waals surface area contributed by atoms with Crippen LogP contribution in [-0.4, -0.2) is 41.0 Å². The van der Waals surface area contributed by atoms with Crippen molar-refractivity contribution in [1.82, 2.24) is 5.32 Å². The molecular formula is C8H11F3N2O3. The number of hydrogen-bond acceptors (Lipinski definition) is 4. The Labute approximate surface area is 89.5 Å². The lowest BCUT2D eigenvalue weighted by molar-refractivity contribution is -0.192. The number of hydrogen-bond donors (Lipinski definition) is 3. The lowest BCUT2D eigenvalue weighted by Crippen LogP contribution is -2.53. The first-order valence-corrected chi connectivity index (χ1v) is 4.35. The predicted octanol–water partition coefficient (Wildman–Crippen LogP) is 0.256. The molecule has 1 fully saturated rings. The molecule has 0 aliphatic carbocycles. The van der Waals surface area contributed by atoms with Crippen LogP contribution in [-0.2, 0) is 4.79 Å². The second-order valence-electron chi connectivity index (χ2n) is 3.14. The minimum Gasteiger partial charge on any atom is -0.475 e. The maximum Gasteiger partial charge on any atom is 0.490 e. The molecule has 1 saturated heterocycles. The van der Waals surface area contributed by atoms with Crippen molar-refractivity contribution in [2.75, 3.05) is 6.61 Å². The summed E-state index contributed by atoms with van der Waals surface area (Å²) in [7, 11) is 0. The van der Waals surface area contributed by atoms with Gasteiger partial charge in [0.2, 0.25) is 0 Å². The van der Waals surface area contributed by atoms with Crippen LogP contribution in [0.2, 0.25) is 0 Å². The molecule has 0 aromatic carbocycles. The van der Waals surface area contributed by atoms with E-state index in [2.05, 4.69) is 11.4 Å². The fraction of sp³-hybridized carbons (Fsp3) is 0.750. The highest BCUT2D eigenvalue weighted by Crippen LogP contribution is 2.13. The molecule has 0 aromatic rings. The number of nitrogens with zero attached hydrogens (tertiary/aromatic N) is 1. The van der Waals surface area contributed by atoms with E-state index in [0.717, 1.165) is 6.42 Å². The number of carbonyl (C=O) groups is 1. The van der Waals surface area contributed by atoms with Crippen molar-refractivity contribution in [1.29, 1.82) is 5.26 Å². The summed E-state index contributed by atoms with van der Waals surface area (Å²) in [6.07, 6.45) is -3.57. The average molecular weight is 240 g/mol. The van der Waals surface area contributed by atoms with E-state index >= 15 is 0 Å². The Hall–Kier alpha value is -1.33. The Morgan fingerprint density at radius 2 is 1.94 bits per heavy atom. The predicted molar refractivity (Wildman–Crippen MR) is 46.3 cm³/mol. The molecule has 1 aliphatic heterocycles. The molecular weight excluding hydrogens is 229 g/mol. The molecule has 0 aromatic heterocycles. The Balaban J connectivity index is 0.000000293. The summed E-state index contributed by atoms with van der Waals surface area (Å²) >= 11 is 0. The van der Waals surface area contributed by atoms with Gasteiger partial charge in [-0.2, -0.15) is 18.4 Å². The molecule has 5 nitrogen and oxygen atoms in total. The molecule has 1 heterocycles. The lowest BCUT2D eigenvalue weighted by Gasteiger charge is -2.34. The van der Waals surface area contributed by atoms with Gasteiger partial charge in [-0.3, -0.25) is 0 Å². The van der Waals surface area contributed by atoms with Gasteiger partial charge in [-0.15, -0.1) is 0 Å². The molecule has 92 valence electrons. The Morgan fingerprint density at radius 3 is 2.19 bits per heavy atom. The van der Waals surface area contributed by atoms with E-state index < -0.39 is 12.1 Å². The van der Waals surface area contributed by atoms with Crippen molar-refractivity contribution in [3.63, 3.8) is 0 Å². The molecule has 3 N–H and O–H groups in total. The van der Waals surface area contributed by atoms with Crippen LogP contribution in [0.15, 0.2) is 0 Å². The maximum atomic E-state index is 10.6. The fourth-order valence-electron chi connectivity index (χ4n) is 1.03. The second-order valence-corrected chi connectivity index (χ2v) is 3.14. The average Bonchev–Trinajstić information content (AvgIpc) is 2.10. The molecule has 0 spiro atoms. The number of nitrogens with one attached hydrogen (secondary N) is 1. The number of rotatable bonds is 2. The van der Waals surface area contributed by atoms with Gasteiger partial charge in [-0.05, 0) is 6.42 Å². The van der Waals surface area contributed by atoms with E-state index in [1.807, 2.05) is 0 Å². The van der Waals surface area contributed by atoms with Crippen LogP contribution in [0.5, 0.6) is 0 Å². The van der Waals surface area contributed by atoms with Crippen molar-refractivity contribution in [3.8, 4) is 6.07 Å². The van der Waals surface area contributed by atoms with Crippen LogP contribution in [0.25, 0.3) is 0 Å².